The Hall–Kier alpha value is -1.00. The lowest BCUT2D eigenvalue weighted by Gasteiger charge is -2.35. The Morgan fingerprint density at radius 1 is 1.28 bits per heavy atom. The van der Waals surface area contributed by atoms with Crippen LogP contribution in [0.25, 0.3) is 0 Å². The standard InChI is InChI=1S/C16H20ClN/c1-2-3-13-8-10-16(12-18,11-9-13)14-4-6-15(17)7-5-14/h4-7,13H,2-3,8-11H2,1H3. The van der Waals surface area contributed by atoms with Crippen LogP contribution in [0.5, 0.6) is 0 Å². The van der Waals surface area contributed by atoms with E-state index in [2.05, 4.69) is 13.0 Å². The van der Waals surface area contributed by atoms with E-state index in [0.29, 0.717) is 0 Å². The summed E-state index contributed by atoms with van der Waals surface area (Å²) >= 11 is 5.92. The van der Waals surface area contributed by atoms with Crippen LogP contribution in [-0.2, 0) is 5.41 Å². The average molecular weight is 262 g/mol. The van der Waals surface area contributed by atoms with Crippen molar-refractivity contribution in [3.8, 4) is 6.07 Å². The van der Waals surface area contributed by atoms with E-state index in [9.17, 15) is 5.26 Å². The molecule has 18 heavy (non-hydrogen) atoms. The normalized spacial score (nSPS) is 27.7. The quantitative estimate of drug-likeness (QED) is 0.743. The maximum Gasteiger partial charge on any atom is 0.0822 e. The number of hydrogen-bond acceptors (Lipinski definition) is 1. The number of benzene rings is 1. The van der Waals surface area contributed by atoms with Crippen molar-refractivity contribution in [3.63, 3.8) is 0 Å². The molecule has 0 aromatic heterocycles. The van der Waals surface area contributed by atoms with E-state index in [-0.39, 0.29) is 5.41 Å². The topological polar surface area (TPSA) is 23.8 Å². The predicted octanol–water partition coefficient (Wildman–Crippen LogP) is 5.09. The van der Waals surface area contributed by atoms with Gasteiger partial charge in [-0.1, -0.05) is 43.5 Å². The molecule has 1 aliphatic rings. The smallest absolute Gasteiger partial charge is 0.0822 e. The van der Waals surface area contributed by atoms with Gasteiger partial charge in [-0.2, -0.15) is 5.26 Å². The summed E-state index contributed by atoms with van der Waals surface area (Å²) in [5.41, 5.74) is 0.874. The molecule has 0 atom stereocenters. The van der Waals surface area contributed by atoms with Gasteiger partial charge >= 0.3 is 0 Å². The van der Waals surface area contributed by atoms with Gasteiger partial charge in [-0.3, -0.25) is 0 Å². The number of rotatable bonds is 3. The van der Waals surface area contributed by atoms with Crippen LogP contribution in [0.2, 0.25) is 5.02 Å². The molecule has 1 nitrogen and oxygen atoms in total. The van der Waals surface area contributed by atoms with Crippen molar-refractivity contribution in [3.05, 3.63) is 34.9 Å². The zero-order valence-electron chi connectivity index (χ0n) is 11.0. The van der Waals surface area contributed by atoms with Crippen LogP contribution < -0.4 is 0 Å². The molecule has 0 bridgehead atoms. The highest BCUT2D eigenvalue weighted by Crippen LogP contribution is 2.42. The van der Waals surface area contributed by atoms with Gasteiger partial charge in [0.2, 0.25) is 0 Å². The fourth-order valence-corrected chi connectivity index (χ4v) is 3.23. The number of halogens is 1. The second-order valence-electron chi connectivity index (χ2n) is 5.43. The maximum absolute atomic E-state index is 9.60. The molecule has 0 amide bonds. The highest BCUT2D eigenvalue weighted by Gasteiger charge is 2.36. The van der Waals surface area contributed by atoms with Crippen molar-refractivity contribution in [1.29, 1.82) is 5.26 Å². The van der Waals surface area contributed by atoms with E-state index in [0.717, 1.165) is 29.3 Å². The highest BCUT2D eigenvalue weighted by atomic mass is 35.5. The monoisotopic (exact) mass is 261 g/mol. The third-order valence-electron chi connectivity index (χ3n) is 4.27. The second-order valence-corrected chi connectivity index (χ2v) is 5.87. The SMILES string of the molecule is CCCC1CCC(C#N)(c2ccc(Cl)cc2)CC1. The third kappa shape index (κ3) is 2.70. The summed E-state index contributed by atoms with van der Waals surface area (Å²) in [4.78, 5) is 0. The molecule has 96 valence electrons. The minimum absolute atomic E-state index is 0.269. The molecular formula is C16H20ClN. The number of nitriles is 1. The summed E-state index contributed by atoms with van der Waals surface area (Å²) in [7, 11) is 0. The van der Waals surface area contributed by atoms with Crippen LogP contribution in [-0.4, -0.2) is 0 Å². The van der Waals surface area contributed by atoms with E-state index in [1.165, 1.54) is 25.7 Å². The van der Waals surface area contributed by atoms with Gasteiger partial charge in [-0.05, 0) is 49.3 Å². The Bertz CT molecular complexity index is 421. The van der Waals surface area contributed by atoms with E-state index in [1.54, 1.807) is 0 Å². The van der Waals surface area contributed by atoms with Gasteiger partial charge in [0.1, 0.15) is 0 Å². The van der Waals surface area contributed by atoms with Gasteiger partial charge < -0.3 is 0 Å². The minimum Gasteiger partial charge on any atom is -0.197 e. The van der Waals surface area contributed by atoms with Gasteiger partial charge in [0, 0.05) is 5.02 Å². The van der Waals surface area contributed by atoms with Gasteiger partial charge in [0.25, 0.3) is 0 Å². The first-order valence-corrected chi connectivity index (χ1v) is 7.25. The van der Waals surface area contributed by atoms with E-state index in [1.807, 2.05) is 24.3 Å². The summed E-state index contributed by atoms with van der Waals surface area (Å²) < 4.78 is 0. The average Bonchev–Trinajstić information content (AvgIpc) is 2.41. The molecule has 2 rings (SSSR count). The predicted molar refractivity (Wildman–Crippen MR) is 75.6 cm³/mol. The summed E-state index contributed by atoms with van der Waals surface area (Å²) in [6.07, 6.45) is 6.92. The lowest BCUT2D eigenvalue weighted by molar-refractivity contribution is 0.265. The van der Waals surface area contributed by atoms with Gasteiger partial charge in [0.15, 0.2) is 0 Å². The van der Waals surface area contributed by atoms with Gasteiger partial charge in [-0.25, -0.2) is 0 Å². The van der Waals surface area contributed by atoms with Crippen molar-refractivity contribution in [1.82, 2.24) is 0 Å². The molecule has 0 spiro atoms. The molecule has 1 saturated carbocycles. The first-order chi connectivity index (χ1) is 8.70. The molecule has 0 saturated heterocycles. The van der Waals surface area contributed by atoms with Crippen molar-refractivity contribution in [2.75, 3.05) is 0 Å². The van der Waals surface area contributed by atoms with Gasteiger partial charge in [0.05, 0.1) is 11.5 Å². The van der Waals surface area contributed by atoms with Crippen LogP contribution in [0, 0.1) is 17.2 Å². The Balaban J connectivity index is 2.14. The Kier molecular flexibility index (Phi) is 4.30. The Morgan fingerprint density at radius 3 is 2.39 bits per heavy atom. The first-order valence-electron chi connectivity index (χ1n) is 6.87. The molecule has 1 aromatic rings. The molecular weight excluding hydrogens is 242 g/mol. The third-order valence-corrected chi connectivity index (χ3v) is 4.52. The molecule has 0 unspecified atom stereocenters. The Labute approximate surface area is 115 Å². The molecule has 1 aromatic carbocycles. The minimum atomic E-state index is -0.269. The van der Waals surface area contributed by atoms with Crippen molar-refractivity contribution < 1.29 is 0 Å². The molecule has 0 N–H and O–H groups in total. The van der Waals surface area contributed by atoms with E-state index >= 15 is 0 Å². The number of nitrogens with zero attached hydrogens (tertiary/aromatic N) is 1. The molecule has 1 fully saturated rings. The van der Waals surface area contributed by atoms with Crippen LogP contribution in [0.1, 0.15) is 51.0 Å². The second kappa shape index (κ2) is 5.76. The zero-order valence-corrected chi connectivity index (χ0v) is 11.7. The summed E-state index contributed by atoms with van der Waals surface area (Å²) in [5, 5.41) is 10.3. The maximum atomic E-state index is 9.60. The Morgan fingerprint density at radius 2 is 1.89 bits per heavy atom. The summed E-state index contributed by atoms with van der Waals surface area (Å²) in [6, 6.07) is 10.4. The molecule has 0 heterocycles. The number of hydrogen-bond donors (Lipinski definition) is 0. The van der Waals surface area contributed by atoms with E-state index in [4.69, 9.17) is 11.6 Å². The zero-order chi connectivity index (χ0) is 13.0. The van der Waals surface area contributed by atoms with Crippen LogP contribution in [0.3, 0.4) is 0 Å². The fourth-order valence-electron chi connectivity index (χ4n) is 3.10. The fraction of sp³-hybridized carbons (Fsp3) is 0.562. The first kappa shape index (κ1) is 13.4. The van der Waals surface area contributed by atoms with Crippen molar-refractivity contribution in [2.45, 2.75) is 50.9 Å². The molecule has 2 heteroatoms. The van der Waals surface area contributed by atoms with Crippen LogP contribution in [0.4, 0.5) is 0 Å². The lowest BCUT2D eigenvalue weighted by atomic mass is 9.67. The van der Waals surface area contributed by atoms with Crippen molar-refractivity contribution in [2.24, 2.45) is 5.92 Å². The van der Waals surface area contributed by atoms with Crippen LogP contribution in [0.15, 0.2) is 24.3 Å². The highest BCUT2D eigenvalue weighted by molar-refractivity contribution is 6.30. The van der Waals surface area contributed by atoms with Crippen LogP contribution >= 0.6 is 11.6 Å². The summed E-state index contributed by atoms with van der Waals surface area (Å²) in [5.74, 6) is 0.823. The van der Waals surface area contributed by atoms with Crippen molar-refractivity contribution >= 4 is 11.6 Å². The largest absolute Gasteiger partial charge is 0.197 e. The molecule has 0 radical (unpaired) electrons. The summed E-state index contributed by atoms with van der Waals surface area (Å²) in [6.45, 7) is 2.24. The van der Waals surface area contributed by atoms with Gasteiger partial charge in [-0.15, -0.1) is 0 Å². The molecule has 0 aliphatic heterocycles. The lowest BCUT2D eigenvalue weighted by Crippen LogP contribution is -2.30. The molecule has 1 aliphatic carbocycles. The van der Waals surface area contributed by atoms with E-state index < -0.39 is 0 Å².